The van der Waals surface area contributed by atoms with Gasteiger partial charge in [0.1, 0.15) is 4.60 Å². The van der Waals surface area contributed by atoms with E-state index in [-0.39, 0.29) is 5.41 Å². The molecule has 23 heavy (non-hydrogen) atoms. The van der Waals surface area contributed by atoms with Crippen molar-refractivity contribution in [2.45, 2.75) is 40.4 Å². The van der Waals surface area contributed by atoms with Crippen LogP contribution >= 0.6 is 31.9 Å². The van der Waals surface area contributed by atoms with Crippen molar-refractivity contribution in [3.63, 3.8) is 0 Å². The first kappa shape index (κ1) is 20.6. The van der Waals surface area contributed by atoms with E-state index < -0.39 is 7.12 Å². The lowest BCUT2D eigenvalue weighted by Crippen LogP contribution is -2.18. The highest BCUT2D eigenvalue weighted by atomic mass is 79.9. The Morgan fingerprint density at radius 2 is 1.70 bits per heavy atom. The molecule has 2 rings (SSSR count). The van der Waals surface area contributed by atoms with E-state index in [2.05, 4.69) is 63.7 Å². The Morgan fingerprint density at radius 1 is 1.13 bits per heavy atom. The Bertz CT molecular complexity index is 589. The molecule has 3 nitrogen and oxygen atoms in total. The van der Waals surface area contributed by atoms with Crippen LogP contribution in [0.4, 0.5) is 0 Å². The van der Waals surface area contributed by atoms with Gasteiger partial charge < -0.3 is 10.0 Å². The fourth-order valence-electron chi connectivity index (χ4n) is 2.61. The van der Waals surface area contributed by atoms with Gasteiger partial charge in [-0.25, -0.2) is 4.98 Å². The monoisotopic (exact) mass is 443 g/mol. The Kier molecular flexibility index (Phi) is 8.21. The molecule has 1 aromatic heterocycles. The summed E-state index contributed by atoms with van der Waals surface area (Å²) in [4.78, 5) is 4.18. The van der Waals surface area contributed by atoms with Gasteiger partial charge >= 0.3 is 7.12 Å². The smallest absolute Gasteiger partial charge is 0.427 e. The number of hydrogen-bond acceptors (Lipinski definition) is 3. The lowest BCUT2D eigenvalue weighted by molar-refractivity contribution is 0.304. The Hall–Kier alpha value is -0.425. The van der Waals surface area contributed by atoms with Gasteiger partial charge in [-0.15, -0.1) is 0 Å². The van der Waals surface area contributed by atoms with Gasteiger partial charge in [-0.3, -0.25) is 0 Å². The molecule has 0 aliphatic rings. The van der Waals surface area contributed by atoms with Crippen molar-refractivity contribution in [2.24, 2.45) is 11.3 Å². The molecular weight excluding hydrogens is 421 g/mol. The molecule has 0 amide bonds. The van der Waals surface area contributed by atoms with Gasteiger partial charge in [0.05, 0.1) is 0 Å². The summed E-state index contributed by atoms with van der Waals surface area (Å²) < 4.78 is 1.92. The molecule has 6 heteroatoms. The van der Waals surface area contributed by atoms with E-state index in [1.165, 1.54) is 5.39 Å². The molecule has 0 aliphatic carbocycles. The van der Waals surface area contributed by atoms with E-state index in [9.17, 15) is 0 Å². The average molecular weight is 445 g/mol. The van der Waals surface area contributed by atoms with Crippen LogP contribution in [0.1, 0.15) is 34.1 Å². The molecule has 126 valence electrons. The zero-order valence-corrected chi connectivity index (χ0v) is 17.2. The van der Waals surface area contributed by atoms with Crippen molar-refractivity contribution >= 4 is 49.8 Å². The fraction of sp³-hybridized carbons (Fsp3) is 0.471. The maximum atomic E-state index is 8.68. The molecule has 0 fully saturated rings. The van der Waals surface area contributed by atoms with Gasteiger partial charge in [0.2, 0.25) is 0 Å². The molecule has 0 saturated heterocycles. The molecule has 0 bridgehead atoms. The summed E-state index contributed by atoms with van der Waals surface area (Å²) >= 11 is 6.85. The van der Waals surface area contributed by atoms with Crippen LogP contribution in [0.5, 0.6) is 0 Å². The number of rotatable bonds is 3. The van der Waals surface area contributed by atoms with Crippen LogP contribution in [0, 0.1) is 11.3 Å². The molecular formula is C17H24BBr2NO2. The van der Waals surface area contributed by atoms with Crippen LogP contribution in [0.3, 0.4) is 0 Å². The zero-order chi connectivity index (χ0) is 17.6. The average Bonchev–Trinajstić information content (AvgIpc) is 2.41. The Labute approximate surface area is 155 Å². The lowest BCUT2D eigenvalue weighted by Gasteiger charge is -2.22. The largest absolute Gasteiger partial charge is 0.451 e. The Balaban J connectivity index is 0.000000232. The first-order valence-corrected chi connectivity index (χ1v) is 9.23. The third-order valence-corrected chi connectivity index (χ3v) is 4.54. The van der Waals surface area contributed by atoms with Crippen molar-refractivity contribution in [1.82, 2.24) is 4.98 Å². The number of fused-ring (bicyclic) bond motifs is 1. The number of aromatic nitrogens is 1. The molecule has 1 heterocycles. The molecule has 2 N–H and O–H groups in total. The fourth-order valence-corrected chi connectivity index (χ4v) is 3.51. The van der Waals surface area contributed by atoms with Crippen molar-refractivity contribution < 1.29 is 10.0 Å². The predicted molar refractivity (Wildman–Crippen MR) is 105 cm³/mol. The second-order valence-corrected chi connectivity index (χ2v) is 8.63. The lowest BCUT2D eigenvalue weighted by atomic mass is 9.73. The first-order valence-electron chi connectivity index (χ1n) is 7.65. The molecule has 1 aromatic carbocycles. The summed E-state index contributed by atoms with van der Waals surface area (Å²) in [5.41, 5.74) is 0.286. The second kappa shape index (κ2) is 9.16. The summed E-state index contributed by atoms with van der Waals surface area (Å²) in [6.07, 6.45) is 3.31. The molecule has 1 unspecified atom stereocenters. The number of halogens is 2. The minimum Gasteiger partial charge on any atom is -0.427 e. The quantitative estimate of drug-likeness (QED) is 0.499. The second-order valence-electron chi connectivity index (χ2n) is 7.03. The van der Waals surface area contributed by atoms with E-state index >= 15 is 0 Å². The van der Waals surface area contributed by atoms with Gasteiger partial charge in [0.25, 0.3) is 0 Å². The molecule has 0 aliphatic heterocycles. The van der Waals surface area contributed by atoms with Crippen LogP contribution in [-0.2, 0) is 0 Å². The van der Waals surface area contributed by atoms with E-state index in [0.29, 0.717) is 12.2 Å². The maximum absolute atomic E-state index is 8.68. The molecule has 0 spiro atoms. The molecule has 0 saturated carbocycles. The van der Waals surface area contributed by atoms with E-state index in [4.69, 9.17) is 10.0 Å². The Morgan fingerprint density at radius 3 is 2.17 bits per heavy atom. The van der Waals surface area contributed by atoms with Crippen molar-refractivity contribution in [1.29, 1.82) is 0 Å². The first-order chi connectivity index (χ1) is 10.6. The van der Waals surface area contributed by atoms with Gasteiger partial charge in [0, 0.05) is 21.4 Å². The van der Waals surface area contributed by atoms with Gasteiger partial charge in [-0.05, 0) is 55.9 Å². The zero-order valence-electron chi connectivity index (χ0n) is 14.1. The maximum Gasteiger partial charge on any atom is 0.451 e. The number of benzene rings is 1. The number of hydrogen-bond donors (Lipinski definition) is 2. The number of pyridine rings is 1. The van der Waals surface area contributed by atoms with Gasteiger partial charge in [0.15, 0.2) is 0 Å². The van der Waals surface area contributed by atoms with Gasteiger partial charge in [-0.1, -0.05) is 52.0 Å². The van der Waals surface area contributed by atoms with E-state index in [0.717, 1.165) is 20.9 Å². The van der Waals surface area contributed by atoms with Crippen molar-refractivity contribution in [2.75, 3.05) is 0 Å². The highest BCUT2D eigenvalue weighted by Crippen LogP contribution is 2.27. The summed E-state index contributed by atoms with van der Waals surface area (Å²) in [7, 11) is -1.15. The summed E-state index contributed by atoms with van der Waals surface area (Å²) in [6, 6.07) is 8.11. The standard InChI is InChI=1S/C9H5Br2N.C8H19BO2/c10-8-5-12-9(11)7-4-2-1-3-6(7)8;1-7(6-9(10)11)5-8(2,3)4/h1-5H;7,10-11H,5-6H2,1-4H3. The summed E-state index contributed by atoms with van der Waals surface area (Å²) in [5, 5.41) is 19.7. The third kappa shape index (κ3) is 7.79. The predicted octanol–water partition coefficient (Wildman–Crippen LogP) is 5.29. The minimum atomic E-state index is -1.15. The SMILES string of the molecule is Brc1cnc(Br)c2ccccc12.CC(CB(O)O)CC(C)(C)C. The highest BCUT2D eigenvalue weighted by molar-refractivity contribution is 9.11. The minimum absolute atomic E-state index is 0.286. The van der Waals surface area contributed by atoms with E-state index in [1.54, 1.807) is 6.20 Å². The van der Waals surface area contributed by atoms with Crippen molar-refractivity contribution in [3.05, 3.63) is 39.5 Å². The molecule has 1 atom stereocenters. The summed E-state index contributed by atoms with van der Waals surface area (Å²) in [5.74, 6) is 0.384. The van der Waals surface area contributed by atoms with Crippen molar-refractivity contribution in [3.8, 4) is 0 Å². The molecule has 0 radical (unpaired) electrons. The molecule has 2 aromatic rings. The van der Waals surface area contributed by atoms with Crippen LogP contribution in [0.15, 0.2) is 39.5 Å². The topological polar surface area (TPSA) is 53.4 Å². The number of nitrogens with zero attached hydrogens (tertiary/aromatic N) is 1. The highest BCUT2D eigenvalue weighted by Gasteiger charge is 2.19. The van der Waals surface area contributed by atoms with Gasteiger partial charge in [-0.2, -0.15) is 0 Å². The van der Waals surface area contributed by atoms with Crippen LogP contribution in [-0.4, -0.2) is 22.2 Å². The van der Waals surface area contributed by atoms with Crippen LogP contribution in [0.2, 0.25) is 6.32 Å². The van der Waals surface area contributed by atoms with E-state index in [1.807, 2.05) is 25.1 Å². The third-order valence-electron chi connectivity index (χ3n) is 3.27. The normalized spacial score (nSPS) is 12.5. The summed E-state index contributed by atoms with van der Waals surface area (Å²) in [6.45, 7) is 8.53. The van der Waals surface area contributed by atoms with Crippen LogP contribution in [0.25, 0.3) is 10.8 Å². The van der Waals surface area contributed by atoms with Crippen LogP contribution < -0.4 is 0 Å².